The van der Waals surface area contributed by atoms with Gasteiger partial charge in [-0.15, -0.1) is 0 Å². The Hall–Kier alpha value is -3.35. The Kier molecular flexibility index (Phi) is 12.7. The van der Waals surface area contributed by atoms with Crippen molar-refractivity contribution in [2.75, 3.05) is 25.0 Å². The number of piperazine rings is 1. The molecule has 2 aromatic carbocycles. The van der Waals surface area contributed by atoms with Crippen molar-refractivity contribution in [2.45, 2.75) is 83.6 Å². The molecule has 1 aliphatic rings. The summed E-state index contributed by atoms with van der Waals surface area (Å²) in [5.74, 6) is -1.06. The normalized spacial score (nSPS) is 15.1. The summed E-state index contributed by atoms with van der Waals surface area (Å²) in [5.41, 5.74) is 1.96. The van der Waals surface area contributed by atoms with Crippen molar-refractivity contribution in [3.8, 4) is 0 Å². The average Bonchev–Trinajstić information content (AvgIpc) is 2.93. The Balaban J connectivity index is 1.47. The standard InChI is InChI=1S/C31H43N3O4/c1-2-3-4-5-6-7-8-9-10-16-23-38-29(35)24-28-30(36)32-21-22-34(28)31(37)26-19-14-15-20-27(26)33-25-17-12-11-13-18-25/h11-15,17-20,28,33H,2-10,16,21-24H2,1H3,(H,32,36). The van der Waals surface area contributed by atoms with E-state index in [9.17, 15) is 14.4 Å². The molecule has 2 amide bonds. The zero-order valence-electron chi connectivity index (χ0n) is 22.8. The fourth-order valence-corrected chi connectivity index (χ4v) is 4.76. The number of amides is 2. The number of nitrogens with zero attached hydrogens (tertiary/aromatic N) is 1. The number of hydrogen-bond donors (Lipinski definition) is 2. The number of carbonyl (C=O) groups is 3. The molecule has 7 heteroatoms. The average molecular weight is 522 g/mol. The van der Waals surface area contributed by atoms with Crippen LogP contribution in [0.4, 0.5) is 11.4 Å². The Labute approximate surface area is 227 Å². The van der Waals surface area contributed by atoms with E-state index in [1.54, 1.807) is 12.1 Å². The number of unbranched alkanes of at least 4 members (excludes halogenated alkanes) is 9. The SMILES string of the molecule is CCCCCCCCCCCCOC(=O)CC1C(=O)NCCN1C(=O)c1ccccc1Nc1ccccc1. The highest BCUT2D eigenvalue weighted by atomic mass is 16.5. The topological polar surface area (TPSA) is 87.7 Å². The van der Waals surface area contributed by atoms with Crippen LogP contribution >= 0.6 is 0 Å². The molecule has 38 heavy (non-hydrogen) atoms. The minimum atomic E-state index is -0.888. The molecule has 0 bridgehead atoms. The molecule has 2 N–H and O–H groups in total. The van der Waals surface area contributed by atoms with Crippen molar-refractivity contribution in [3.05, 3.63) is 60.2 Å². The lowest BCUT2D eigenvalue weighted by Gasteiger charge is -2.35. The molecular formula is C31H43N3O4. The number of ether oxygens (including phenoxy) is 1. The number of para-hydroxylation sites is 2. The van der Waals surface area contributed by atoms with Crippen molar-refractivity contribution in [1.82, 2.24) is 10.2 Å². The zero-order valence-corrected chi connectivity index (χ0v) is 22.8. The molecule has 1 heterocycles. The largest absolute Gasteiger partial charge is 0.466 e. The van der Waals surface area contributed by atoms with Gasteiger partial charge in [-0.05, 0) is 30.7 Å². The van der Waals surface area contributed by atoms with Gasteiger partial charge in [-0.1, -0.05) is 95.0 Å². The molecule has 1 fully saturated rings. The van der Waals surface area contributed by atoms with E-state index in [0.717, 1.165) is 24.9 Å². The van der Waals surface area contributed by atoms with Gasteiger partial charge < -0.3 is 20.3 Å². The minimum Gasteiger partial charge on any atom is -0.466 e. The molecule has 3 rings (SSSR count). The van der Waals surface area contributed by atoms with Gasteiger partial charge in [-0.3, -0.25) is 14.4 Å². The molecule has 0 radical (unpaired) electrons. The van der Waals surface area contributed by atoms with Crippen LogP contribution in [-0.4, -0.2) is 48.4 Å². The lowest BCUT2D eigenvalue weighted by Crippen LogP contribution is -2.57. The molecule has 1 atom stereocenters. The maximum atomic E-state index is 13.6. The predicted octanol–water partition coefficient (Wildman–Crippen LogP) is 6.23. The number of rotatable bonds is 16. The maximum absolute atomic E-state index is 13.6. The van der Waals surface area contributed by atoms with Gasteiger partial charge in [-0.2, -0.15) is 0 Å². The van der Waals surface area contributed by atoms with Crippen LogP contribution in [0.15, 0.2) is 54.6 Å². The fourth-order valence-electron chi connectivity index (χ4n) is 4.76. The Morgan fingerprint density at radius 2 is 1.53 bits per heavy atom. The Bertz CT molecular complexity index is 1010. The number of nitrogens with one attached hydrogen (secondary N) is 2. The molecule has 0 saturated carbocycles. The third-order valence-electron chi connectivity index (χ3n) is 6.92. The maximum Gasteiger partial charge on any atom is 0.308 e. The first-order valence-electron chi connectivity index (χ1n) is 14.3. The van der Waals surface area contributed by atoms with Gasteiger partial charge in [-0.25, -0.2) is 0 Å². The van der Waals surface area contributed by atoms with E-state index >= 15 is 0 Å². The lowest BCUT2D eigenvalue weighted by atomic mass is 10.0. The number of anilines is 2. The highest BCUT2D eigenvalue weighted by molar-refractivity contribution is 6.03. The molecule has 2 aromatic rings. The van der Waals surface area contributed by atoms with Crippen LogP contribution in [0.1, 0.15) is 87.9 Å². The van der Waals surface area contributed by atoms with Crippen LogP contribution in [0.2, 0.25) is 0 Å². The van der Waals surface area contributed by atoms with Gasteiger partial charge in [0, 0.05) is 18.8 Å². The van der Waals surface area contributed by atoms with Crippen molar-refractivity contribution in [3.63, 3.8) is 0 Å². The number of carbonyl (C=O) groups excluding carboxylic acids is 3. The van der Waals surface area contributed by atoms with Crippen LogP contribution in [0.5, 0.6) is 0 Å². The summed E-state index contributed by atoms with van der Waals surface area (Å²) in [6, 6.07) is 15.9. The highest BCUT2D eigenvalue weighted by Crippen LogP contribution is 2.24. The summed E-state index contributed by atoms with van der Waals surface area (Å²) < 4.78 is 5.43. The van der Waals surface area contributed by atoms with Gasteiger partial charge in [0.1, 0.15) is 6.04 Å². The van der Waals surface area contributed by atoms with E-state index in [4.69, 9.17) is 4.74 Å². The summed E-state index contributed by atoms with van der Waals surface area (Å²) in [7, 11) is 0. The summed E-state index contributed by atoms with van der Waals surface area (Å²) in [6.07, 6.45) is 11.9. The van der Waals surface area contributed by atoms with E-state index in [2.05, 4.69) is 17.6 Å². The predicted molar refractivity (Wildman–Crippen MR) is 151 cm³/mol. The van der Waals surface area contributed by atoms with Crippen LogP contribution < -0.4 is 10.6 Å². The lowest BCUT2D eigenvalue weighted by molar-refractivity contribution is -0.147. The summed E-state index contributed by atoms with van der Waals surface area (Å²) >= 11 is 0. The van der Waals surface area contributed by atoms with Crippen LogP contribution in [0, 0.1) is 0 Å². The van der Waals surface area contributed by atoms with Crippen molar-refractivity contribution >= 4 is 29.2 Å². The monoisotopic (exact) mass is 521 g/mol. The molecule has 7 nitrogen and oxygen atoms in total. The quantitative estimate of drug-likeness (QED) is 0.202. The van der Waals surface area contributed by atoms with Gasteiger partial charge >= 0.3 is 5.97 Å². The summed E-state index contributed by atoms with van der Waals surface area (Å²) in [6.45, 7) is 3.27. The fraction of sp³-hybridized carbons (Fsp3) is 0.516. The molecule has 0 spiro atoms. The van der Waals surface area contributed by atoms with Crippen LogP contribution in [0.25, 0.3) is 0 Å². The first-order chi connectivity index (χ1) is 18.6. The van der Waals surface area contributed by atoms with E-state index in [1.165, 1.54) is 49.8 Å². The third-order valence-corrected chi connectivity index (χ3v) is 6.92. The highest BCUT2D eigenvalue weighted by Gasteiger charge is 2.36. The summed E-state index contributed by atoms with van der Waals surface area (Å²) in [4.78, 5) is 40.3. The molecular weight excluding hydrogens is 478 g/mol. The first kappa shape index (κ1) is 29.2. The third kappa shape index (κ3) is 9.51. The van der Waals surface area contributed by atoms with E-state index in [0.29, 0.717) is 30.9 Å². The number of esters is 1. The molecule has 1 aliphatic heterocycles. The second-order valence-electron chi connectivity index (χ2n) is 9.95. The van der Waals surface area contributed by atoms with Gasteiger partial charge in [0.25, 0.3) is 5.91 Å². The Morgan fingerprint density at radius 3 is 2.24 bits per heavy atom. The zero-order chi connectivity index (χ0) is 27.0. The van der Waals surface area contributed by atoms with Gasteiger partial charge in [0.05, 0.1) is 24.3 Å². The van der Waals surface area contributed by atoms with E-state index in [1.807, 2.05) is 42.5 Å². The van der Waals surface area contributed by atoms with Crippen molar-refractivity contribution in [1.29, 1.82) is 0 Å². The molecule has 0 aromatic heterocycles. The van der Waals surface area contributed by atoms with Crippen molar-refractivity contribution in [2.24, 2.45) is 0 Å². The van der Waals surface area contributed by atoms with Crippen LogP contribution in [-0.2, 0) is 14.3 Å². The van der Waals surface area contributed by atoms with Gasteiger partial charge in [0.2, 0.25) is 5.91 Å². The van der Waals surface area contributed by atoms with E-state index < -0.39 is 12.0 Å². The minimum absolute atomic E-state index is 0.149. The number of hydrogen-bond acceptors (Lipinski definition) is 5. The van der Waals surface area contributed by atoms with Gasteiger partial charge in [0.15, 0.2) is 0 Å². The molecule has 1 unspecified atom stereocenters. The second-order valence-corrected chi connectivity index (χ2v) is 9.95. The molecule has 206 valence electrons. The Morgan fingerprint density at radius 1 is 0.895 bits per heavy atom. The van der Waals surface area contributed by atoms with Crippen LogP contribution in [0.3, 0.4) is 0 Å². The number of benzene rings is 2. The smallest absolute Gasteiger partial charge is 0.308 e. The molecule has 1 saturated heterocycles. The molecule has 0 aliphatic carbocycles. The first-order valence-corrected chi connectivity index (χ1v) is 14.3. The van der Waals surface area contributed by atoms with E-state index in [-0.39, 0.29) is 18.2 Å². The summed E-state index contributed by atoms with van der Waals surface area (Å²) in [5, 5.41) is 6.07. The second kappa shape index (κ2) is 16.5. The van der Waals surface area contributed by atoms with Crippen molar-refractivity contribution < 1.29 is 19.1 Å².